The van der Waals surface area contributed by atoms with E-state index in [9.17, 15) is 14.4 Å². The van der Waals surface area contributed by atoms with Crippen molar-refractivity contribution in [3.05, 3.63) is 56.3 Å². The van der Waals surface area contributed by atoms with Crippen LogP contribution in [-0.4, -0.2) is 28.8 Å². The van der Waals surface area contributed by atoms with Gasteiger partial charge in [-0.2, -0.15) is 0 Å². The van der Waals surface area contributed by atoms with Crippen LogP contribution in [0, 0.1) is 6.92 Å². The number of carbonyl (C=O) groups is 1. The number of methoxy groups -OCH3 is 1. The molecule has 0 bridgehead atoms. The number of ether oxygens (including phenoxy) is 2. The molecule has 24 heavy (non-hydrogen) atoms. The number of esters is 1. The normalized spacial score (nSPS) is 17.2. The van der Waals surface area contributed by atoms with Crippen molar-refractivity contribution in [1.82, 2.24) is 9.13 Å². The molecule has 3 rings (SSSR count). The summed E-state index contributed by atoms with van der Waals surface area (Å²) in [4.78, 5) is 36.8. The van der Waals surface area contributed by atoms with Crippen LogP contribution in [0.15, 0.2) is 32.5 Å². The molecule has 1 fully saturated rings. The van der Waals surface area contributed by atoms with E-state index < -0.39 is 17.2 Å². The highest BCUT2D eigenvalue weighted by Crippen LogP contribution is 2.21. The van der Waals surface area contributed by atoms with Crippen LogP contribution >= 0.6 is 0 Å². The smallest absolute Gasteiger partial charge is 0.374 e. The van der Waals surface area contributed by atoms with Crippen molar-refractivity contribution in [3.8, 4) is 0 Å². The van der Waals surface area contributed by atoms with E-state index in [1.54, 1.807) is 6.92 Å². The molecule has 128 valence electrons. The van der Waals surface area contributed by atoms with Gasteiger partial charge in [-0.05, 0) is 25.8 Å². The Morgan fingerprint density at radius 3 is 2.88 bits per heavy atom. The van der Waals surface area contributed by atoms with Gasteiger partial charge in [-0.1, -0.05) is 0 Å². The van der Waals surface area contributed by atoms with Crippen LogP contribution in [-0.2, 0) is 16.0 Å². The minimum Gasteiger partial charge on any atom is -0.463 e. The number of hydrogen-bond donors (Lipinski definition) is 0. The summed E-state index contributed by atoms with van der Waals surface area (Å²) in [6, 6.07) is 1.54. The summed E-state index contributed by atoms with van der Waals surface area (Å²) in [5, 5.41) is 0. The second-order valence-corrected chi connectivity index (χ2v) is 5.63. The van der Waals surface area contributed by atoms with E-state index in [4.69, 9.17) is 9.15 Å². The fourth-order valence-corrected chi connectivity index (χ4v) is 2.79. The predicted octanol–water partition coefficient (Wildman–Crippen LogP) is 1.06. The Balaban J connectivity index is 2.05. The lowest BCUT2D eigenvalue weighted by molar-refractivity contribution is 0.0511. The van der Waals surface area contributed by atoms with Gasteiger partial charge in [-0.15, -0.1) is 0 Å². The molecular formula is C16H18N2O6. The van der Waals surface area contributed by atoms with Crippen molar-refractivity contribution in [1.29, 1.82) is 0 Å². The minimum atomic E-state index is -0.657. The average Bonchev–Trinajstić information content (AvgIpc) is 3.25. The Hall–Kier alpha value is -2.61. The Kier molecular flexibility index (Phi) is 4.39. The highest BCUT2D eigenvalue weighted by Gasteiger charge is 2.23. The van der Waals surface area contributed by atoms with Gasteiger partial charge in [0.2, 0.25) is 5.76 Å². The molecule has 0 amide bonds. The van der Waals surface area contributed by atoms with Crippen LogP contribution in [0.4, 0.5) is 0 Å². The van der Waals surface area contributed by atoms with E-state index in [1.807, 2.05) is 0 Å². The van der Waals surface area contributed by atoms with Crippen LogP contribution in [0.2, 0.25) is 0 Å². The molecule has 1 unspecified atom stereocenters. The minimum absolute atomic E-state index is 0.0195. The first-order valence-corrected chi connectivity index (χ1v) is 7.61. The summed E-state index contributed by atoms with van der Waals surface area (Å²) < 4.78 is 17.8. The van der Waals surface area contributed by atoms with Crippen molar-refractivity contribution in [2.24, 2.45) is 0 Å². The largest absolute Gasteiger partial charge is 0.463 e. The Morgan fingerprint density at radius 1 is 1.42 bits per heavy atom. The number of aryl methyl sites for hydroxylation is 1. The van der Waals surface area contributed by atoms with E-state index in [1.165, 1.54) is 30.2 Å². The standard InChI is InChI=1S/C16H18N2O6/c1-10-8-17(12-4-3-6-23-12)16(21)18(14(10)19)9-11-5-7-24-13(11)15(20)22-2/h5,7-8,12H,3-4,6,9H2,1-2H3. The van der Waals surface area contributed by atoms with E-state index >= 15 is 0 Å². The SMILES string of the molecule is COC(=O)c1occc1Cn1c(=O)c(C)cn(C2CCCO2)c1=O. The number of nitrogens with zero attached hydrogens (tertiary/aromatic N) is 2. The highest BCUT2D eigenvalue weighted by molar-refractivity contribution is 5.87. The molecule has 0 spiro atoms. The number of hydrogen-bond acceptors (Lipinski definition) is 6. The van der Waals surface area contributed by atoms with Gasteiger partial charge in [-0.3, -0.25) is 13.9 Å². The molecule has 2 aromatic heterocycles. The molecule has 0 aliphatic carbocycles. The molecular weight excluding hydrogens is 316 g/mol. The maximum atomic E-state index is 12.7. The lowest BCUT2D eigenvalue weighted by Gasteiger charge is -2.16. The number of carbonyl (C=O) groups excluding carboxylic acids is 1. The Bertz CT molecular complexity index is 869. The summed E-state index contributed by atoms with van der Waals surface area (Å²) in [7, 11) is 1.23. The molecule has 1 aliphatic rings. The first-order valence-electron chi connectivity index (χ1n) is 7.61. The van der Waals surface area contributed by atoms with Crippen LogP contribution in [0.3, 0.4) is 0 Å². The Morgan fingerprint density at radius 2 is 2.21 bits per heavy atom. The van der Waals surface area contributed by atoms with E-state index in [0.29, 0.717) is 17.7 Å². The maximum Gasteiger partial charge on any atom is 0.374 e. The second kappa shape index (κ2) is 6.48. The van der Waals surface area contributed by atoms with Crippen molar-refractivity contribution in [3.63, 3.8) is 0 Å². The van der Waals surface area contributed by atoms with Gasteiger partial charge in [0, 0.05) is 23.9 Å². The van der Waals surface area contributed by atoms with E-state index in [-0.39, 0.29) is 18.5 Å². The Labute approximate surface area is 137 Å². The maximum absolute atomic E-state index is 12.7. The summed E-state index contributed by atoms with van der Waals surface area (Å²) in [5.74, 6) is -0.677. The van der Waals surface area contributed by atoms with Crippen LogP contribution < -0.4 is 11.2 Å². The van der Waals surface area contributed by atoms with Gasteiger partial charge in [0.05, 0.1) is 19.9 Å². The van der Waals surface area contributed by atoms with Crippen LogP contribution in [0.1, 0.15) is 40.8 Å². The van der Waals surface area contributed by atoms with Crippen molar-refractivity contribution < 1.29 is 18.7 Å². The highest BCUT2D eigenvalue weighted by atomic mass is 16.5. The molecule has 0 saturated carbocycles. The summed E-state index contributed by atoms with van der Waals surface area (Å²) in [6.07, 6.45) is 4.06. The zero-order chi connectivity index (χ0) is 17.3. The summed E-state index contributed by atoms with van der Waals surface area (Å²) >= 11 is 0. The van der Waals surface area contributed by atoms with Gasteiger partial charge >= 0.3 is 11.7 Å². The van der Waals surface area contributed by atoms with Crippen molar-refractivity contribution in [2.75, 3.05) is 13.7 Å². The third-order valence-electron chi connectivity index (χ3n) is 4.03. The molecule has 1 atom stereocenters. The zero-order valence-corrected chi connectivity index (χ0v) is 13.5. The van der Waals surface area contributed by atoms with Crippen LogP contribution in [0.25, 0.3) is 0 Å². The number of furan rings is 1. The fourth-order valence-electron chi connectivity index (χ4n) is 2.79. The molecule has 8 nitrogen and oxygen atoms in total. The lowest BCUT2D eigenvalue weighted by atomic mass is 10.2. The predicted molar refractivity (Wildman–Crippen MR) is 83.1 cm³/mol. The number of rotatable bonds is 4. The van der Waals surface area contributed by atoms with Gasteiger partial charge < -0.3 is 13.9 Å². The molecule has 3 heterocycles. The van der Waals surface area contributed by atoms with Gasteiger partial charge in [-0.25, -0.2) is 9.59 Å². The summed E-state index contributed by atoms with van der Waals surface area (Å²) in [6.45, 7) is 2.15. The lowest BCUT2D eigenvalue weighted by Crippen LogP contribution is -2.42. The summed E-state index contributed by atoms with van der Waals surface area (Å²) in [5.41, 5.74) is -0.0560. The zero-order valence-electron chi connectivity index (χ0n) is 13.5. The van der Waals surface area contributed by atoms with Crippen molar-refractivity contribution in [2.45, 2.75) is 32.5 Å². The van der Waals surface area contributed by atoms with Gasteiger partial charge in [0.25, 0.3) is 5.56 Å². The third kappa shape index (κ3) is 2.80. The first-order chi connectivity index (χ1) is 11.5. The van der Waals surface area contributed by atoms with E-state index in [2.05, 4.69) is 4.74 Å². The van der Waals surface area contributed by atoms with Crippen LogP contribution in [0.5, 0.6) is 0 Å². The molecule has 0 aromatic carbocycles. The molecule has 8 heteroatoms. The van der Waals surface area contributed by atoms with Gasteiger partial charge in [0.15, 0.2) is 0 Å². The molecule has 0 radical (unpaired) electrons. The molecule has 0 N–H and O–H groups in total. The third-order valence-corrected chi connectivity index (χ3v) is 4.03. The fraction of sp³-hybridized carbons (Fsp3) is 0.438. The van der Waals surface area contributed by atoms with E-state index in [0.717, 1.165) is 17.4 Å². The molecule has 1 saturated heterocycles. The average molecular weight is 334 g/mol. The second-order valence-electron chi connectivity index (χ2n) is 5.63. The molecule has 2 aromatic rings. The quantitative estimate of drug-likeness (QED) is 0.776. The number of aromatic nitrogens is 2. The first kappa shape index (κ1) is 16.3. The molecule has 1 aliphatic heterocycles. The van der Waals surface area contributed by atoms with Gasteiger partial charge in [0.1, 0.15) is 6.23 Å². The monoisotopic (exact) mass is 334 g/mol. The topological polar surface area (TPSA) is 92.7 Å². The van der Waals surface area contributed by atoms with Crippen molar-refractivity contribution >= 4 is 5.97 Å².